The van der Waals surface area contributed by atoms with Crippen LogP contribution in [0.5, 0.6) is 0 Å². The van der Waals surface area contributed by atoms with E-state index in [4.69, 9.17) is 9.47 Å². The standard InChI is InChI=1S/C17H30N2O4/c1-17(2,3)23-16(21)18-14-7-13(8-15(20)22-4)10-19(11-14)9-12-5-6-12/h12-14H,5-11H2,1-4H3,(H,18,21). The van der Waals surface area contributed by atoms with Gasteiger partial charge >= 0.3 is 12.1 Å². The van der Waals surface area contributed by atoms with E-state index in [2.05, 4.69) is 10.2 Å². The third-order valence-corrected chi connectivity index (χ3v) is 4.23. The average molecular weight is 326 g/mol. The summed E-state index contributed by atoms with van der Waals surface area (Å²) in [5, 5.41) is 2.97. The van der Waals surface area contributed by atoms with E-state index >= 15 is 0 Å². The Hall–Kier alpha value is -1.30. The molecule has 0 bridgehead atoms. The summed E-state index contributed by atoms with van der Waals surface area (Å²) in [5.41, 5.74) is -0.502. The highest BCUT2D eigenvalue weighted by Crippen LogP contribution is 2.31. The number of hydrogen-bond acceptors (Lipinski definition) is 5. The number of carbonyl (C=O) groups is 2. The van der Waals surface area contributed by atoms with Gasteiger partial charge in [-0.3, -0.25) is 4.79 Å². The molecular weight excluding hydrogens is 296 g/mol. The van der Waals surface area contributed by atoms with Crippen LogP contribution in [0.15, 0.2) is 0 Å². The molecule has 6 heteroatoms. The van der Waals surface area contributed by atoms with Crippen LogP contribution in [0.25, 0.3) is 0 Å². The number of likely N-dealkylation sites (tertiary alicyclic amines) is 1. The summed E-state index contributed by atoms with van der Waals surface area (Å²) in [4.78, 5) is 26.0. The number of ether oxygens (including phenoxy) is 2. The van der Waals surface area contributed by atoms with Gasteiger partial charge in [0.05, 0.1) is 7.11 Å². The molecule has 1 saturated carbocycles. The number of nitrogens with zero attached hydrogens (tertiary/aromatic N) is 1. The minimum Gasteiger partial charge on any atom is -0.469 e. The van der Waals surface area contributed by atoms with Crippen LogP contribution < -0.4 is 5.32 Å². The largest absolute Gasteiger partial charge is 0.469 e. The van der Waals surface area contributed by atoms with Gasteiger partial charge in [0.25, 0.3) is 0 Å². The van der Waals surface area contributed by atoms with Crippen LogP contribution in [0.4, 0.5) is 4.79 Å². The van der Waals surface area contributed by atoms with Gasteiger partial charge in [0.1, 0.15) is 5.60 Å². The first-order valence-corrected chi connectivity index (χ1v) is 8.54. The number of hydrogen-bond donors (Lipinski definition) is 1. The van der Waals surface area contributed by atoms with Crippen molar-refractivity contribution < 1.29 is 19.1 Å². The number of esters is 1. The van der Waals surface area contributed by atoms with Crippen molar-refractivity contribution in [3.8, 4) is 0 Å². The molecule has 6 nitrogen and oxygen atoms in total. The van der Waals surface area contributed by atoms with Gasteiger partial charge in [0.15, 0.2) is 0 Å². The summed E-state index contributed by atoms with van der Waals surface area (Å²) in [5.74, 6) is 0.822. The molecule has 1 N–H and O–H groups in total. The molecule has 2 fully saturated rings. The molecule has 23 heavy (non-hydrogen) atoms. The number of nitrogens with one attached hydrogen (secondary N) is 1. The van der Waals surface area contributed by atoms with Gasteiger partial charge < -0.3 is 19.7 Å². The second-order valence-electron chi connectivity index (χ2n) is 7.89. The zero-order chi connectivity index (χ0) is 17.0. The number of rotatable bonds is 5. The molecule has 2 atom stereocenters. The van der Waals surface area contributed by atoms with Crippen LogP contribution >= 0.6 is 0 Å². The lowest BCUT2D eigenvalue weighted by Gasteiger charge is -2.38. The minimum atomic E-state index is -0.502. The van der Waals surface area contributed by atoms with Crippen molar-refractivity contribution in [3.63, 3.8) is 0 Å². The van der Waals surface area contributed by atoms with Crippen LogP contribution in [0.3, 0.4) is 0 Å². The predicted octanol–water partition coefficient (Wildman–Crippen LogP) is 2.17. The van der Waals surface area contributed by atoms with E-state index in [1.165, 1.54) is 20.0 Å². The van der Waals surface area contributed by atoms with Crippen LogP contribution in [-0.4, -0.2) is 55.3 Å². The maximum absolute atomic E-state index is 12.0. The third-order valence-electron chi connectivity index (χ3n) is 4.23. The second kappa shape index (κ2) is 7.51. The van der Waals surface area contributed by atoms with Crippen LogP contribution in [0.2, 0.25) is 0 Å². The van der Waals surface area contributed by atoms with E-state index in [1.807, 2.05) is 20.8 Å². The van der Waals surface area contributed by atoms with E-state index in [1.54, 1.807) is 0 Å². The summed E-state index contributed by atoms with van der Waals surface area (Å²) < 4.78 is 10.1. The van der Waals surface area contributed by atoms with Gasteiger partial charge in [-0.2, -0.15) is 0 Å². The Kier molecular flexibility index (Phi) is 5.89. The van der Waals surface area contributed by atoms with Crippen molar-refractivity contribution in [2.24, 2.45) is 11.8 Å². The Morgan fingerprint density at radius 3 is 2.43 bits per heavy atom. The first-order valence-electron chi connectivity index (χ1n) is 8.54. The molecule has 0 aromatic heterocycles. The van der Waals surface area contributed by atoms with E-state index < -0.39 is 5.60 Å². The summed E-state index contributed by atoms with van der Waals surface area (Å²) in [6, 6.07) is 0.0204. The zero-order valence-electron chi connectivity index (χ0n) is 14.8. The van der Waals surface area contributed by atoms with E-state index in [0.717, 1.165) is 32.0 Å². The maximum atomic E-state index is 12.0. The van der Waals surface area contributed by atoms with Gasteiger partial charge in [-0.15, -0.1) is 0 Å². The smallest absolute Gasteiger partial charge is 0.407 e. The van der Waals surface area contributed by atoms with Crippen molar-refractivity contribution in [2.75, 3.05) is 26.7 Å². The molecule has 132 valence electrons. The highest BCUT2D eigenvalue weighted by Gasteiger charge is 2.33. The van der Waals surface area contributed by atoms with Crippen LogP contribution in [0, 0.1) is 11.8 Å². The SMILES string of the molecule is COC(=O)CC1CC(NC(=O)OC(C)(C)C)CN(CC2CC2)C1. The van der Waals surface area contributed by atoms with Crippen LogP contribution in [-0.2, 0) is 14.3 Å². The maximum Gasteiger partial charge on any atom is 0.407 e. The Morgan fingerprint density at radius 2 is 1.87 bits per heavy atom. The molecule has 2 unspecified atom stereocenters. The Morgan fingerprint density at radius 1 is 1.17 bits per heavy atom. The molecule has 0 radical (unpaired) electrons. The van der Waals surface area contributed by atoms with Crippen molar-refractivity contribution in [1.29, 1.82) is 0 Å². The molecule has 1 heterocycles. The zero-order valence-corrected chi connectivity index (χ0v) is 14.8. The lowest BCUT2D eigenvalue weighted by atomic mass is 9.91. The van der Waals surface area contributed by atoms with Gasteiger partial charge in [-0.25, -0.2) is 4.79 Å². The number of amides is 1. The predicted molar refractivity (Wildman–Crippen MR) is 87.1 cm³/mol. The molecule has 2 rings (SSSR count). The first kappa shape index (κ1) is 18.0. The minimum absolute atomic E-state index is 0.0204. The number of methoxy groups -OCH3 is 1. The molecule has 1 aliphatic heterocycles. The third kappa shape index (κ3) is 6.77. The lowest BCUT2D eigenvalue weighted by molar-refractivity contribution is -0.142. The fourth-order valence-corrected chi connectivity index (χ4v) is 3.16. The Labute approximate surface area is 138 Å². The van der Waals surface area contributed by atoms with Gasteiger partial charge in [-0.05, 0) is 51.9 Å². The highest BCUT2D eigenvalue weighted by molar-refractivity contribution is 5.70. The molecule has 0 spiro atoms. The van der Waals surface area contributed by atoms with Crippen molar-refractivity contribution >= 4 is 12.1 Å². The fourth-order valence-electron chi connectivity index (χ4n) is 3.16. The van der Waals surface area contributed by atoms with Crippen LogP contribution in [0.1, 0.15) is 46.5 Å². The van der Waals surface area contributed by atoms with E-state index in [0.29, 0.717) is 6.42 Å². The average Bonchev–Trinajstić information content (AvgIpc) is 3.19. The fraction of sp³-hybridized carbons (Fsp3) is 0.882. The molecule has 2 aliphatic rings. The summed E-state index contributed by atoms with van der Waals surface area (Å²) >= 11 is 0. The van der Waals surface area contributed by atoms with Crippen molar-refractivity contribution in [1.82, 2.24) is 10.2 Å². The summed E-state index contributed by atoms with van der Waals surface area (Å²) in [6.45, 7) is 8.35. The van der Waals surface area contributed by atoms with Gasteiger partial charge in [0.2, 0.25) is 0 Å². The molecule has 0 aromatic rings. The number of carbonyl (C=O) groups excluding carboxylic acids is 2. The Balaban J connectivity index is 1.90. The van der Waals surface area contributed by atoms with Gasteiger partial charge in [0, 0.05) is 32.1 Å². The number of alkyl carbamates (subject to hydrolysis) is 1. The van der Waals surface area contributed by atoms with Gasteiger partial charge in [-0.1, -0.05) is 0 Å². The molecular formula is C17H30N2O4. The molecule has 1 amide bonds. The molecule has 1 aliphatic carbocycles. The summed E-state index contributed by atoms with van der Waals surface area (Å²) in [6.07, 6.45) is 3.40. The van der Waals surface area contributed by atoms with E-state index in [-0.39, 0.29) is 24.0 Å². The number of piperidine rings is 1. The molecule has 1 saturated heterocycles. The lowest BCUT2D eigenvalue weighted by Crippen LogP contribution is -2.52. The molecule has 0 aromatic carbocycles. The quantitative estimate of drug-likeness (QED) is 0.784. The van der Waals surface area contributed by atoms with Crippen molar-refractivity contribution in [3.05, 3.63) is 0 Å². The normalized spacial score (nSPS) is 25.7. The monoisotopic (exact) mass is 326 g/mol. The van der Waals surface area contributed by atoms with E-state index in [9.17, 15) is 9.59 Å². The highest BCUT2D eigenvalue weighted by atomic mass is 16.6. The summed E-state index contributed by atoms with van der Waals surface area (Å²) in [7, 11) is 1.42. The van der Waals surface area contributed by atoms with Crippen molar-refractivity contribution in [2.45, 2.75) is 58.1 Å². The Bertz CT molecular complexity index is 429. The second-order valence-corrected chi connectivity index (χ2v) is 7.89. The first-order chi connectivity index (χ1) is 10.7. The topological polar surface area (TPSA) is 67.9 Å².